The van der Waals surface area contributed by atoms with Crippen molar-refractivity contribution in [2.75, 3.05) is 18.8 Å². The van der Waals surface area contributed by atoms with E-state index < -0.39 is 17.5 Å². The molecule has 3 N–H and O–H groups in total. The molecule has 3 amide bonds. The summed E-state index contributed by atoms with van der Waals surface area (Å²) in [6.07, 6.45) is 4.90. The van der Waals surface area contributed by atoms with Gasteiger partial charge in [-0.1, -0.05) is 0 Å². The lowest BCUT2D eigenvalue weighted by Crippen LogP contribution is -2.66. The topological polar surface area (TPSA) is 95.7 Å². The number of hydrogen-bond acceptors (Lipinski definition) is 5. The van der Waals surface area contributed by atoms with Gasteiger partial charge in [0.2, 0.25) is 17.7 Å². The largest absolute Gasteiger partial charge is 0.368 e. The average Bonchev–Trinajstić information content (AvgIpc) is 3.29. The van der Waals surface area contributed by atoms with Gasteiger partial charge < -0.3 is 20.9 Å². The van der Waals surface area contributed by atoms with E-state index in [2.05, 4.69) is 5.32 Å². The van der Waals surface area contributed by atoms with Crippen LogP contribution in [0.5, 0.6) is 0 Å². The van der Waals surface area contributed by atoms with E-state index in [0.29, 0.717) is 25.1 Å². The predicted molar refractivity (Wildman–Crippen MR) is 90.0 cm³/mol. The van der Waals surface area contributed by atoms with Crippen molar-refractivity contribution in [1.29, 1.82) is 0 Å². The number of nitrogens with two attached hydrogens (primary N) is 1. The fraction of sp³-hybridized carbons (Fsp3) is 0.812. The molecule has 1 spiro atoms. The minimum Gasteiger partial charge on any atom is -0.368 e. The third-order valence-electron chi connectivity index (χ3n) is 5.97. The molecule has 4 aliphatic rings. The molecule has 4 heterocycles. The molecule has 4 rings (SSSR count). The molecule has 0 saturated carbocycles. The molecular weight excluding hydrogens is 328 g/mol. The number of primary amides is 1. The molecule has 0 aromatic heterocycles. The first-order chi connectivity index (χ1) is 11.5. The van der Waals surface area contributed by atoms with Crippen LogP contribution in [-0.4, -0.2) is 69.4 Å². The van der Waals surface area contributed by atoms with E-state index in [1.807, 2.05) is 4.90 Å². The quantitative estimate of drug-likeness (QED) is 0.708. The second kappa shape index (κ2) is 5.91. The van der Waals surface area contributed by atoms with Gasteiger partial charge in [-0.2, -0.15) is 0 Å². The number of thioether (sulfide) groups is 1. The van der Waals surface area contributed by atoms with Crippen LogP contribution in [0.2, 0.25) is 0 Å². The first kappa shape index (κ1) is 16.2. The van der Waals surface area contributed by atoms with Gasteiger partial charge in [0.15, 0.2) is 0 Å². The number of amides is 3. The maximum absolute atomic E-state index is 13.4. The zero-order chi connectivity index (χ0) is 16.9. The SMILES string of the molecule is NC(=O)C1CSC2CCC3(CCCN3C(=O)C3CCCN3)C(=O)N21. The minimum atomic E-state index is -0.754. The zero-order valence-electron chi connectivity index (χ0n) is 13.7. The van der Waals surface area contributed by atoms with Gasteiger partial charge in [0, 0.05) is 12.3 Å². The van der Waals surface area contributed by atoms with Crippen molar-refractivity contribution in [3.05, 3.63) is 0 Å². The molecule has 132 valence electrons. The van der Waals surface area contributed by atoms with Crippen LogP contribution in [0, 0.1) is 0 Å². The molecular formula is C16H24N4O3S. The lowest BCUT2D eigenvalue weighted by atomic mass is 9.84. The smallest absolute Gasteiger partial charge is 0.250 e. The lowest BCUT2D eigenvalue weighted by Gasteiger charge is -2.47. The van der Waals surface area contributed by atoms with Crippen LogP contribution in [0.1, 0.15) is 38.5 Å². The number of nitrogens with zero attached hydrogens (tertiary/aromatic N) is 2. The van der Waals surface area contributed by atoms with Gasteiger partial charge in [0.1, 0.15) is 11.6 Å². The summed E-state index contributed by atoms with van der Waals surface area (Å²) in [7, 11) is 0. The van der Waals surface area contributed by atoms with E-state index in [1.54, 1.807) is 16.7 Å². The maximum atomic E-state index is 13.4. The lowest BCUT2D eigenvalue weighted by molar-refractivity contribution is -0.159. The highest BCUT2D eigenvalue weighted by Crippen LogP contribution is 2.46. The van der Waals surface area contributed by atoms with Crippen LogP contribution in [0.25, 0.3) is 0 Å². The summed E-state index contributed by atoms with van der Waals surface area (Å²) in [5.74, 6) is 0.124. The zero-order valence-corrected chi connectivity index (χ0v) is 14.5. The van der Waals surface area contributed by atoms with Crippen LogP contribution >= 0.6 is 11.8 Å². The number of nitrogens with one attached hydrogen (secondary N) is 1. The Morgan fingerprint density at radius 3 is 2.79 bits per heavy atom. The normalized spacial score (nSPS) is 38.8. The summed E-state index contributed by atoms with van der Waals surface area (Å²) in [6, 6.07) is -0.697. The summed E-state index contributed by atoms with van der Waals surface area (Å²) in [5, 5.41) is 3.28. The highest BCUT2D eigenvalue weighted by molar-refractivity contribution is 8.00. The molecule has 24 heavy (non-hydrogen) atoms. The Kier molecular flexibility index (Phi) is 3.99. The van der Waals surface area contributed by atoms with Gasteiger partial charge >= 0.3 is 0 Å². The molecule has 0 aliphatic carbocycles. The Balaban J connectivity index is 1.62. The monoisotopic (exact) mass is 352 g/mol. The number of likely N-dealkylation sites (tertiary alicyclic amines) is 1. The Morgan fingerprint density at radius 1 is 1.25 bits per heavy atom. The summed E-state index contributed by atoms with van der Waals surface area (Å²) >= 11 is 1.63. The van der Waals surface area contributed by atoms with Gasteiger partial charge in [-0.15, -0.1) is 11.8 Å². The fourth-order valence-corrected chi connectivity index (χ4v) is 6.17. The van der Waals surface area contributed by atoms with E-state index in [0.717, 1.165) is 32.2 Å². The second-order valence-electron chi connectivity index (χ2n) is 7.23. The Hall–Kier alpha value is -1.28. The number of fused-ring (bicyclic) bond motifs is 1. The van der Waals surface area contributed by atoms with Crippen molar-refractivity contribution in [1.82, 2.24) is 15.1 Å². The Labute approximate surface area is 145 Å². The molecule has 4 aliphatic heterocycles. The van der Waals surface area contributed by atoms with Gasteiger partial charge in [0.05, 0.1) is 11.4 Å². The molecule has 4 fully saturated rings. The first-order valence-corrected chi connectivity index (χ1v) is 9.88. The molecule has 4 unspecified atom stereocenters. The summed E-state index contributed by atoms with van der Waals surface area (Å²) in [5.41, 5.74) is 4.76. The molecule has 0 radical (unpaired) electrons. The first-order valence-electron chi connectivity index (χ1n) is 8.83. The van der Waals surface area contributed by atoms with Crippen molar-refractivity contribution in [3.63, 3.8) is 0 Å². The molecule has 8 heteroatoms. The van der Waals surface area contributed by atoms with Gasteiger partial charge in [-0.25, -0.2) is 0 Å². The van der Waals surface area contributed by atoms with Crippen molar-refractivity contribution in [2.45, 2.75) is 61.5 Å². The average molecular weight is 352 g/mol. The van der Waals surface area contributed by atoms with Crippen LogP contribution in [0.15, 0.2) is 0 Å². The molecule has 4 saturated heterocycles. The van der Waals surface area contributed by atoms with Gasteiger partial charge in [-0.3, -0.25) is 14.4 Å². The molecule has 0 aromatic carbocycles. The number of piperidine rings is 1. The number of rotatable bonds is 2. The van der Waals surface area contributed by atoms with Crippen molar-refractivity contribution < 1.29 is 14.4 Å². The molecule has 4 atom stereocenters. The van der Waals surface area contributed by atoms with Crippen LogP contribution in [0.3, 0.4) is 0 Å². The van der Waals surface area contributed by atoms with E-state index in [4.69, 9.17) is 5.73 Å². The van der Waals surface area contributed by atoms with Crippen LogP contribution in [0.4, 0.5) is 0 Å². The standard InChI is InChI=1S/C16H24N4O3S/c17-13(21)11-9-24-12-4-6-16(15(23)20(11)12)5-2-8-19(16)14(22)10-3-1-7-18-10/h10-12,18H,1-9H2,(H2,17,21). The highest BCUT2D eigenvalue weighted by atomic mass is 32.2. The highest BCUT2D eigenvalue weighted by Gasteiger charge is 2.58. The fourth-order valence-electron chi connectivity index (χ4n) is 4.75. The third-order valence-corrected chi connectivity index (χ3v) is 7.33. The minimum absolute atomic E-state index is 0.0304. The molecule has 7 nitrogen and oxygen atoms in total. The van der Waals surface area contributed by atoms with E-state index in [-0.39, 0.29) is 23.2 Å². The van der Waals surface area contributed by atoms with Crippen molar-refractivity contribution in [3.8, 4) is 0 Å². The predicted octanol–water partition coefficient (Wildman–Crippen LogP) is -0.351. The Bertz CT molecular complexity index is 580. The van der Waals surface area contributed by atoms with Gasteiger partial charge in [-0.05, 0) is 45.1 Å². The van der Waals surface area contributed by atoms with E-state index in [9.17, 15) is 14.4 Å². The van der Waals surface area contributed by atoms with E-state index in [1.165, 1.54) is 0 Å². The maximum Gasteiger partial charge on any atom is 0.250 e. The van der Waals surface area contributed by atoms with Crippen LogP contribution < -0.4 is 11.1 Å². The van der Waals surface area contributed by atoms with Crippen molar-refractivity contribution >= 4 is 29.5 Å². The molecule has 0 bridgehead atoms. The van der Waals surface area contributed by atoms with Gasteiger partial charge in [0.25, 0.3) is 0 Å². The second-order valence-corrected chi connectivity index (χ2v) is 8.44. The van der Waals surface area contributed by atoms with Crippen LogP contribution in [-0.2, 0) is 14.4 Å². The van der Waals surface area contributed by atoms with E-state index >= 15 is 0 Å². The third kappa shape index (κ3) is 2.26. The summed E-state index contributed by atoms with van der Waals surface area (Å²) < 4.78 is 0. The number of hydrogen-bond donors (Lipinski definition) is 2. The number of carbonyl (C=O) groups excluding carboxylic acids is 3. The number of carbonyl (C=O) groups is 3. The Morgan fingerprint density at radius 2 is 2.08 bits per heavy atom. The molecule has 0 aromatic rings. The summed E-state index contributed by atoms with van der Waals surface area (Å²) in [4.78, 5) is 41.6. The summed E-state index contributed by atoms with van der Waals surface area (Å²) in [6.45, 7) is 1.50. The van der Waals surface area contributed by atoms with Crippen molar-refractivity contribution in [2.24, 2.45) is 5.73 Å².